The number of alkyl halides is 2. The van der Waals surface area contributed by atoms with Crippen molar-refractivity contribution in [3.8, 4) is 11.1 Å². The van der Waals surface area contributed by atoms with Crippen molar-refractivity contribution in [3.63, 3.8) is 0 Å². The van der Waals surface area contributed by atoms with Crippen molar-refractivity contribution in [3.05, 3.63) is 47.1 Å². The maximum atomic E-state index is 13.4. The highest BCUT2D eigenvalue weighted by molar-refractivity contribution is 7.99. The van der Waals surface area contributed by atoms with Gasteiger partial charge in [0.2, 0.25) is 0 Å². The lowest BCUT2D eigenvalue weighted by Crippen LogP contribution is -2.08. The first kappa shape index (κ1) is 22.3. The molecular formula is C21H22ClF2N7S. The summed E-state index contributed by atoms with van der Waals surface area (Å²) in [5, 5.41) is 7.94. The number of nitrogens with one attached hydrogen (secondary N) is 1. The Morgan fingerprint density at radius 3 is 2.53 bits per heavy atom. The van der Waals surface area contributed by atoms with E-state index in [0.717, 1.165) is 28.2 Å². The zero-order valence-corrected chi connectivity index (χ0v) is 19.8. The zero-order valence-electron chi connectivity index (χ0n) is 18.2. The fourth-order valence-electron chi connectivity index (χ4n) is 3.62. The number of aromatic nitrogens is 5. The maximum absolute atomic E-state index is 13.4. The zero-order chi connectivity index (χ0) is 23.2. The number of benzene rings is 1. The maximum Gasteiger partial charge on any atom is 0.295 e. The molecular weight excluding hydrogens is 456 g/mol. The summed E-state index contributed by atoms with van der Waals surface area (Å²) in [5.41, 5.74) is 5.80. The monoisotopic (exact) mass is 477 g/mol. The molecule has 1 aromatic carbocycles. The second-order valence-corrected chi connectivity index (χ2v) is 8.63. The summed E-state index contributed by atoms with van der Waals surface area (Å²) < 4.78 is 31.9. The minimum Gasteiger partial charge on any atom is -0.352 e. The van der Waals surface area contributed by atoms with Gasteiger partial charge in [-0.25, -0.2) is 18.7 Å². The molecule has 32 heavy (non-hydrogen) atoms. The van der Waals surface area contributed by atoms with Crippen LogP contribution in [0.3, 0.4) is 0 Å². The average Bonchev–Trinajstić information content (AvgIpc) is 3.26. The number of rotatable bonds is 6. The van der Waals surface area contributed by atoms with E-state index in [1.54, 1.807) is 22.7 Å². The van der Waals surface area contributed by atoms with Gasteiger partial charge in [-0.05, 0) is 24.6 Å². The third-order valence-electron chi connectivity index (χ3n) is 5.23. The van der Waals surface area contributed by atoms with Gasteiger partial charge in [-0.1, -0.05) is 29.6 Å². The lowest BCUT2D eigenvalue weighted by molar-refractivity contribution is 0.137. The number of imidazole rings is 1. The van der Waals surface area contributed by atoms with Gasteiger partial charge in [0.1, 0.15) is 10.7 Å². The van der Waals surface area contributed by atoms with Crippen LogP contribution in [0.1, 0.15) is 17.9 Å². The Labute approximate surface area is 193 Å². The molecule has 0 aliphatic carbocycles. The summed E-state index contributed by atoms with van der Waals surface area (Å²) in [6.45, 7) is 1.97. The van der Waals surface area contributed by atoms with Crippen molar-refractivity contribution in [2.75, 3.05) is 22.9 Å². The highest BCUT2D eigenvalue weighted by Crippen LogP contribution is 2.38. The van der Waals surface area contributed by atoms with Gasteiger partial charge < -0.3 is 14.2 Å². The van der Waals surface area contributed by atoms with Crippen LogP contribution in [0.15, 0.2) is 30.5 Å². The summed E-state index contributed by atoms with van der Waals surface area (Å²) in [7, 11) is 5.35. The van der Waals surface area contributed by atoms with Crippen LogP contribution in [0, 0.1) is 6.92 Å². The van der Waals surface area contributed by atoms with Crippen LogP contribution in [0.4, 0.5) is 25.8 Å². The van der Waals surface area contributed by atoms with Crippen LogP contribution in [-0.2, 0) is 14.1 Å². The predicted molar refractivity (Wildman–Crippen MR) is 127 cm³/mol. The molecule has 7 nitrogen and oxygen atoms in total. The molecule has 0 fully saturated rings. The Hall–Kier alpha value is -2.85. The summed E-state index contributed by atoms with van der Waals surface area (Å²) in [4.78, 5) is 8.31. The summed E-state index contributed by atoms with van der Waals surface area (Å²) in [5.74, 6) is -0.360. The van der Waals surface area contributed by atoms with Crippen molar-refractivity contribution in [2.24, 2.45) is 14.1 Å². The summed E-state index contributed by atoms with van der Waals surface area (Å²) in [6.07, 6.45) is 1.23. The number of aryl methyl sites for hydroxylation is 3. The molecule has 0 aliphatic rings. The Morgan fingerprint density at radius 1 is 1.16 bits per heavy atom. The molecule has 168 valence electrons. The van der Waals surface area contributed by atoms with Crippen molar-refractivity contribution in [1.29, 1.82) is 0 Å². The second kappa shape index (κ2) is 8.59. The van der Waals surface area contributed by atoms with Crippen LogP contribution < -0.4 is 9.62 Å². The van der Waals surface area contributed by atoms with Crippen molar-refractivity contribution in [2.45, 2.75) is 13.3 Å². The van der Waals surface area contributed by atoms with Gasteiger partial charge >= 0.3 is 0 Å². The van der Waals surface area contributed by atoms with Gasteiger partial charge in [-0.3, -0.25) is 4.68 Å². The Bertz CT molecular complexity index is 1300. The van der Waals surface area contributed by atoms with Gasteiger partial charge in [-0.15, -0.1) is 0 Å². The first-order valence-electron chi connectivity index (χ1n) is 9.70. The molecule has 3 aromatic heterocycles. The lowest BCUT2D eigenvalue weighted by Gasteiger charge is -2.21. The standard InChI is InChI=1S/C21H22ClF2N7S/c1-11-13(10-29(2)28-11)12-6-7-14(16(8-12)31(4)32-5)25-15-9-17(22)26-20-18(15)27-21(19(23)24)30(20)3/h6-10,19H,1-5H3,(H,25,26). The highest BCUT2D eigenvalue weighted by Gasteiger charge is 2.21. The molecule has 0 saturated carbocycles. The largest absolute Gasteiger partial charge is 0.352 e. The van der Waals surface area contributed by atoms with E-state index in [1.165, 1.54) is 11.6 Å². The van der Waals surface area contributed by atoms with E-state index in [0.29, 0.717) is 11.2 Å². The fourth-order valence-corrected chi connectivity index (χ4v) is 4.16. The third-order valence-corrected chi connectivity index (χ3v) is 6.17. The minimum absolute atomic E-state index is 0.186. The van der Waals surface area contributed by atoms with Crippen LogP contribution in [0.25, 0.3) is 22.3 Å². The number of anilines is 3. The molecule has 0 unspecified atom stereocenters. The Balaban J connectivity index is 1.83. The molecule has 0 spiro atoms. The molecule has 0 amide bonds. The molecule has 0 radical (unpaired) electrons. The molecule has 0 atom stereocenters. The molecule has 3 heterocycles. The number of hydrogen-bond donors (Lipinski definition) is 1. The van der Waals surface area contributed by atoms with Gasteiger partial charge in [0.25, 0.3) is 6.43 Å². The van der Waals surface area contributed by atoms with E-state index < -0.39 is 6.43 Å². The SMILES string of the molecule is CSN(C)c1cc(-c2cn(C)nc2C)ccc1Nc1cc(Cl)nc2c1nc(C(F)F)n2C. The number of halogens is 3. The van der Waals surface area contributed by atoms with Gasteiger partial charge in [0.05, 0.1) is 22.8 Å². The molecule has 4 rings (SSSR count). The van der Waals surface area contributed by atoms with Crippen LogP contribution in [0.2, 0.25) is 5.15 Å². The quantitative estimate of drug-likeness (QED) is 0.283. The molecule has 0 aliphatic heterocycles. The van der Waals surface area contributed by atoms with E-state index in [4.69, 9.17) is 11.6 Å². The van der Waals surface area contributed by atoms with Crippen molar-refractivity contribution < 1.29 is 8.78 Å². The number of fused-ring (bicyclic) bond motifs is 1. The van der Waals surface area contributed by atoms with Crippen LogP contribution in [0.5, 0.6) is 0 Å². The summed E-state index contributed by atoms with van der Waals surface area (Å²) in [6, 6.07) is 7.59. The first-order chi connectivity index (χ1) is 15.2. The third kappa shape index (κ3) is 4.00. The molecule has 0 saturated heterocycles. The summed E-state index contributed by atoms with van der Waals surface area (Å²) >= 11 is 7.75. The van der Waals surface area contributed by atoms with E-state index in [-0.39, 0.29) is 16.6 Å². The fraction of sp³-hybridized carbons (Fsp3) is 0.286. The minimum atomic E-state index is -2.72. The average molecular weight is 478 g/mol. The van der Waals surface area contributed by atoms with E-state index in [2.05, 4.69) is 26.4 Å². The molecule has 1 N–H and O–H groups in total. The first-order valence-corrected chi connectivity index (χ1v) is 11.3. The van der Waals surface area contributed by atoms with Crippen LogP contribution >= 0.6 is 23.5 Å². The highest BCUT2D eigenvalue weighted by atomic mass is 35.5. The molecule has 11 heteroatoms. The lowest BCUT2D eigenvalue weighted by atomic mass is 10.1. The van der Waals surface area contributed by atoms with Crippen molar-refractivity contribution in [1.82, 2.24) is 24.3 Å². The molecule has 4 aromatic rings. The smallest absolute Gasteiger partial charge is 0.295 e. The Morgan fingerprint density at radius 2 is 1.91 bits per heavy atom. The van der Waals surface area contributed by atoms with Gasteiger partial charge in [-0.2, -0.15) is 5.10 Å². The van der Waals surface area contributed by atoms with Gasteiger partial charge in [0.15, 0.2) is 11.5 Å². The molecule has 0 bridgehead atoms. The predicted octanol–water partition coefficient (Wildman–Crippen LogP) is 5.73. The van der Waals surface area contributed by atoms with Gasteiger partial charge in [0, 0.05) is 45.2 Å². The Kier molecular flexibility index (Phi) is 6.00. The van der Waals surface area contributed by atoms with Crippen LogP contribution in [-0.4, -0.2) is 37.6 Å². The second-order valence-electron chi connectivity index (χ2n) is 7.33. The van der Waals surface area contributed by atoms with Crippen molar-refractivity contribution >= 4 is 51.8 Å². The number of nitrogens with zero attached hydrogens (tertiary/aromatic N) is 6. The van der Waals surface area contributed by atoms with E-state index in [9.17, 15) is 8.78 Å². The van der Waals surface area contributed by atoms with E-state index >= 15 is 0 Å². The normalized spacial score (nSPS) is 11.5. The number of hydrogen-bond acceptors (Lipinski definition) is 6. The number of pyridine rings is 1. The van der Waals surface area contributed by atoms with E-state index in [1.807, 2.05) is 49.9 Å². The topological polar surface area (TPSA) is 63.8 Å².